The van der Waals surface area contributed by atoms with Gasteiger partial charge in [-0.2, -0.15) is 0 Å². The molecular formula is C18H22N2O2S. The van der Waals surface area contributed by atoms with Crippen LogP contribution in [-0.4, -0.2) is 21.9 Å². The molecule has 0 saturated heterocycles. The first-order valence-corrected chi connectivity index (χ1v) is 9.04. The van der Waals surface area contributed by atoms with Crippen molar-refractivity contribution in [3.63, 3.8) is 0 Å². The van der Waals surface area contributed by atoms with E-state index in [0.717, 1.165) is 22.2 Å². The first-order valence-electron chi connectivity index (χ1n) is 8.05. The Hall–Kier alpha value is -1.59. The zero-order chi connectivity index (χ0) is 16.4. The smallest absolute Gasteiger partial charge is 0.260 e. The summed E-state index contributed by atoms with van der Waals surface area (Å²) in [5.41, 5.74) is 2.94. The normalized spacial score (nSPS) is 16.8. The highest BCUT2D eigenvalue weighted by Gasteiger charge is 2.29. The Morgan fingerprint density at radius 2 is 2.09 bits per heavy atom. The lowest BCUT2D eigenvalue weighted by Crippen LogP contribution is -2.31. The highest BCUT2D eigenvalue weighted by Crippen LogP contribution is 2.32. The second-order valence-electron chi connectivity index (χ2n) is 5.97. The van der Waals surface area contributed by atoms with E-state index < -0.39 is 0 Å². The van der Waals surface area contributed by atoms with Crippen LogP contribution in [0.1, 0.15) is 49.7 Å². The average molecular weight is 330 g/mol. The molecule has 122 valence electrons. The van der Waals surface area contributed by atoms with Gasteiger partial charge in [0.05, 0.1) is 5.69 Å². The van der Waals surface area contributed by atoms with Crippen molar-refractivity contribution in [3.8, 4) is 0 Å². The van der Waals surface area contributed by atoms with E-state index in [9.17, 15) is 4.79 Å². The summed E-state index contributed by atoms with van der Waals surface area (Å²) < 4.78 is 7.44. The fourth-order valence-corrected chi connectivity index (χ4v) is 4.02. The van der Waals surface area contributed by atoms with Crippen molar-refractivity contribution in [1.82, 2.24) is 9.55 Å². The molecule has 1 aliphatic rings. The van der Waals surface area contributed by atoms with Crippen molar-refractivity contribution in [3.05, 3.63) is 57.5 Å². The summed E-state index contributed by atoms with van der Waals surface area (Å²) in [5.74, 6) is 0.891. The predicted molar refractivity (Wildman–Crippen MR) is 93.2 cm³/mol. The number of aromatic nitrogens is 2. The van der Waals surface area contributed by atoms with Gasteiger partial charge in [0, 0.05) is 24.3 Å². The molecule has 0 fully saturated rings. The number of rotatable bonds is 5. The van der Waals surface area contributed by atoms with Crippen molar-refractivity contribution in [1.29, 1.82) is 0 Å². The van der Waals surface area contributed by atoms with Gasteiger partial charge in [-0.25, -0.2) is 4.98 Å². The molecule has 1 aromatic carbocycles. The Labute approximate surface area is 140 Å². The third-order valence-electron chi connectivity index (χ3n) is 3.99. The Balaban J connectivity index is 2.07. The van der Waals surface area contributed by atoms with Crippen LogP contribution in [0.2, 0.25) is 0 Å². The Kier molecular flexibility index (Phi) is 4.87. The second-order valence-corrected chi connectivity index (χ2v) is 6.96. The molecule has 1 aliphatic heterocycles. The van der Waals surface area contributed by atoms with Crippen LogP contribution in [-0.2, 0) is 11.2 Å². The predicted octanol–water partition coefficient (Wildman–Crippen LogP) is 3.60. The number of ether oxygens (including phenoxy) is 1. The molecule has 5 heteroatoms. The average Bonchev–Trinajstić information content (AvgIpc) is 2.91. The van der Waals surface area contributed by atoms with Crippen LogP contribution in [0.5, 0.6) is 0 Å². The molecular weight excluding hydrogens is 308 g/mol. The van der Waals surface area contributed by atoms with E-state index in [1.54, 1.807) is 16.3 Å². The highest BCUT2D eigenvalue weighted by molar-refractivity contribution is 7.99. The molecule has 0 bridgehead atoms. The summed E-state index contributed by atoms with van der Waals surface area (Å²) in [6.45, 7) is 6.66. The molecule has 2 heterocycles. The van der Waals surface area contributed by atoms with Gasteiger partial charge in [-0.05, 0) is 18.4 Å². The van der Waals surface area contributed by atoms with Crippen LogP contribution in [0.15, 0.2) is 40.3 Å². The molecule has 4 nitrogen and oxygen atoms in total. The van der Waals surface area contributed by atoms with Gasteiger partial charge in [0.15, 0.2) is 5.16 Å². The van der Waals surface area contributed by atoms with Crippen LogP contribution in [0.3, 0.4) is 0 Å². The number of thioether (sulfide) groups is 1. The van der Waals surface area contributed by atoms with Crippen LogP contribution >= 0.6 is 11.8 Å². The van der Waals surface area contributed by atoms with Crippen molar-refractivity contribution in [2.75, 3.05) is 12.4 Å². The second kappa shape index (κ2) is 6.89. The van der Waals surface area contributed by atoms with Crippen molar-refractivity contribution in [2.45, 2.75) is 44.5 Å². The zero-order valence-corrected chi connectivity index (χ0v) is 14.6. The van der Waals surface area contributed by atoms with Crippen LogP contribution < -0.4 is 5.56 Å². The quantitative estimate of drug-likeness (QED) is 0.786. The molecule has 2 aromatic rings. The molecule has 1 unspecified atom stereocenters. The number of hydrogen-bond acceptors (Lipinski definition) is 4. The lowest BCUT2D eigenvalue weighted by Gasteiger charge is -2.18. The molecule has 1 atom stereocenters. The van der Waals surface area contributed by atoms with E-state index in [0.29, 0.717) is 13.0 Å². The minimum Gasteiger partial charge on any atom is -0.357 e. The molecule has 0 radical (unpaired) electrons. The van der Waals surface area contributed by atoms with Gasteiger partial charge in [0.2, 0.25) is 0 Å². The number of hydrogen-bond donors (Lipinski definition) is 0. The minimum atomic E-state index is -0.191. The van der Waals surface area contributed by atoms with Gasteiger partial charge in [-0.1, -0.05) is 55.9 Å². The van der Waals surface area contributed by atoms with E-state index in [-0.39, 0.29) is 17.7 Å². The summed E-state index contributed by atoms with van der Waals surface area (Å²) in [5, 5.41) is 0.781. The Bertz CT molecular complexity index is 741. The van der Waals surface area contributed by atoms with Crippen molar-refractivity contribution in [2.24, 2.45) is 0 Å². The molecule has 0 N–H and O–H groups in total. The number of nitrogens with zero attached hydrogens (tertiary/aromatic N) is 2. The summed E-state index contributed by atoms with van der Waals surface area (Å²) >= 11 is 1.60. The molecule has 23 heavy (non-hydrogen) atoms. The third kappa shape index (κ3) is 3.21. The topological polar surface area (TPSA) is 44.1 Å². The van der Waals surface area contributed by atoms with Gasteiger partial charge in [0.1, 0.15) is 6.23 Å². The van der Waals surface area contributed by atoms with E-state index in [4.69, 9.17) is 9.72 Å². The SMILES string of the molecule is CCOC1CSc2nc(Cc3ccccc3)c(C(C)C)c(=O)n21. The van der Waals surface area contributed by atoms with E-state index in [2.05, 4.69) is 26.0 Å². The molecule has 1 aromatic heterocycles. The zero-order valence-electron chi connectivity index (χ0n) is 13.8. The van der Waals surface area contributed by atoms with Gasteiger partial charge in [-0.3, -0.25) is 9.36 Å². The maximum Gasteiger partial charge on any atom is 0.260 e. The number of fused-ring (bicyclic) bond motifs is 1. The Morgan fingerprint density at radius 1 is 1.35 bits per heavy atom. The molecule has 3 rings (SSSR count). The summed E-state index contributed by atoms with van der Waals surface area (Å²) in [6.07, 6.45) is 0.500. The maximum absolute atomic E-state index is 13.0. The van der Waals surface area contributed by atoms with Gasteiger partial charge in [-0.15, -0.1) is 0 Å². The minimum absolute atomic E-state index is 0.0550. The highest BCUT2D eigenvalue weighted by atomic mass is 32.2. The van der Waals surface area contributed by atoms with Crippen LogP contribution in [0, 0.1) is 0 Å². The first-order chi connectivity index (χ1) is 11.1. The van der Waals surface area contributed by atoms with Gasteiger partial charge in [0.25, 0.3) is 5.56 Å². The fourth-order valence-electron chi connectivity index (χ4n) is 2.96. The largest absolute Gasteiger partial charge is 0.357 e. The summed E-state index contributed by atoms with van der Waals surface area (Å²) in [7, 11) is 0. The van der Waals surface area contributed by atoms with Crippen LogP contribution in [0.4, 0.5) is 0 Å². The van der Waals surface area contributed by atoms with E-state index in [1.807, 2.05) is 25.1 Å². The lowest BCUT2D eigenvalue weighted by atomic mass is 9.98. The monoisotopic (exact) mass is 330 g/mol. The molecule has 0 aliphatic carbocycles. The molecule has 0 saturated carbocycles. The lowest BCUT2D eigenvalue weighted by molar-refractivity contribution is 0.0233. The van der Waals surface area contributed by atoms with Crippen molar-refractivity contribution < 1.29 is 4.74 Å². The fraction of sp³-hybridized carbons (Fsp3) is 0.444. The standard InChI is InChI=1S/C18H22N2O2S/c1-4-22-15-11-23-18-19-14(10-13-8-6-5-7-9-13)16(12(2)3)17(21)20(15)18/h5-9,12,15H,4,10-11H2,1-3H3. The maximum atomic E-state index is 13.0. The number of benzene rings is 1. The van der Waals surface area contributed by atoms with E-state index in [1.165, 1.54) is 5.56 Å². The molecule has 0 amide bonds. The van der Waals surface area contributed by atoms with Crippen molar-refractivity contribution >= 4 is 11.8 Å². The van der Waals surface area contributed by atoms with Crippen LogP contribution in [0.25, 0.3) is 0 Å². The van der Waals surface area contributed by atoms with Gasteiger partial charge >= 0.3 is 0 Å². The summed E-state index contributed by atoms with van der Waals surface area (Å²) in [4.78, 5) is 17.8. The van der Waals surface area contributed by atoms with E-state index >= 15 is 0 Å². The van der Waals surface area contributed by atoms with Gasteiger partial charge < -0.3 is 4.74 Å². The Morgan fingerprint density at radius 3 is 2.74 bits per heavy atom. The summed E-state index contributed by atoms with van der Waals surface area (Å²) in [6, 6.07) is 10.2. The molecule has 0 spiro atoms. The first kappa shape index (κ1) is 16.3. The third-order valence-corrected chi connectivity index (χ3v) is 4.99.